The second-order valence-corrected chi connectivity index (χ2v) is 11.3. The molecule has 3 saturated carbocycles. The van der Waals surface area contributed by atoms with Crippen LogP contribution in [0.1, 0.15) is 79.6 Å². The van der Waals surface area contributed by atoms with Crippen molar-refractivity contribution in [2.24, 2.45) is 29.1 Å². The van der Waals surface area contributed by atoms with E-state index < -0.39 is 17.8 Å². The van der Waals surface area contributed by atoms with Gasteiger partial charge in [0.05, 0.1) is 17.8 Å². The zero-order chi connectivity index (χ0) is 23.0. The molecule has 7 atom stereocenters. The van der Waals surface area contributed by atoms with Crippen LogP contribution in [-0.2, 0) is 0 Å². The van der Waals surface area contributed by atoms with Crippen LogP contribution in [0.5, 0.6) is 0 Å². The van der Waals surface area contributed by atoms with Crippen LogP contribution in [0.4, 0.5) is 0 Å². The summed E-state index contributed by atoms with van der Waals surface area (Å²) >= 11 is 0. The van der Waals surface area contributed by atoms with E-state index in [1.807, 2.05) is 13.0 Å². The number of hydrogen-bond donors (Lipinski definition) is 3. The van der Waals surface area contributed by atoms with Gasteiger partial charge in [-0.05, 0) is 85.7 Å². The summed E-state index contributed by atoms with van der Waals surface area (Å²) in [6.45, 7) is 14.9. The van der Waals surface area contributed by atoms with Gasteiger partial charge in [0.25, 0.3) is 0 Å². The summed E-state index contributed by atoms with van der Waals surface area (Å²) in [6, 6.07) is 0. The fourth-order valence-corrected chi connectivity index (χ4v) is 6.28. The zero-order valence-corrected chi connectivity index (χ0v) is 20.3. The first-order valence-corrected chi connectivity index (χ1v) is 12.3. The van der Waals surface area contributed by atoms with Crippen molar-refractivity contribution < 1.29 is 15.3 Å². The maximum atomic E-state index is 10.6. The average Bonchev–Trinajstić information content (AvgIpc) is 3.05. The second kappa shape index (κ2) is 9.37. The van der Waals surface area contributed by atoms with Crippen LogP contribution in [0.3, 0.4) is 0 Å². The summed E-state index contributed by atoms with van der Waals surface area (Å²) in [7, 11) is 0. The first-order chi connectivity index (χ1) is 14.5. The number of rotatable bonds is 5. The van der Waals surface area contributed by atoms with E-state index in [1.54, 1.807) is 0 Å². The largest absolute Gasteiger partial charge is 0.393 e. The molecule has 31 heavy (non-hydrogen) atoms. The maximum Gasteiger partial charge on any atom is 0.0822 e. The molecule has 3 nitrogen and oxygen atoms in total. The van der Waals surface area contributed by atoms with Crippen molar-refractivity contribution in [3.63, 3.8) is 0 Å². The van der Waals surface area contributed by atoms with E-state index in [0.29, 0.717) is 36.0 Å². The normalized spacial score (nSPS) is 40.0. The Morgan fingerprint density at radius 1 is 1.16 bits per heavy atom. The maximum absolute atomic E-state index is 10.6. The summed E-state index contributed by atoms with van der Waals surface area (Å²) in [6.07, 6.45) is 14.6. The molecule has 0 spiro atoms. The van der Waals surface area contributed by atoms with E-state index in [-0.39, 0.29) is 5.92 Å². The summed E-state index contributed by atoms with van der Waals surface area (Å²) < 4.78 is 0. The van der Waals surface area contributed by atoms with Gasteiger partial charge in [0.2, 0.25) is 0 Å². The second-order valence-electron chi connectivity index (χ2n) is 11.3. The van der Waals surface area contributed by atoms with Crippen LogP contribution in [0.2, 0.25) is 0 Å². The lowest BCUT2D eigenvalue weighted by Crippen LogP contribution is -2.36. The molecule has 174 valence electrons. The minimum absolute atomic E-state index is 0.201. The lowest BCUT2D eigenvalue weighted by Gasteiger charge is -2.44. The van der Waals surface area contributed by atoms with Crippen molar-refractivity contribution in [1.82, 2.24) is 0 Å². The fraction of sp³-hybridized carbons (Fsp3) is 0.714. The Bertz CT molecular complexity index is 756. The van der Waals surface area contributed by atoms with Crippen molar-refractivity contribution >= 4 is 0 Å². The standard InChI is InChI=1S/C28H44O3/c1-18(2)28(6,31)15-13-19(3)24-11-12-25-21(8-7-14-27(24,25)5)9-10-22-16-23(29)17-26(30)20(22)4/h9-10,13,15,18-19,23-26,29-31H,4,7-8,11-12,14,16-17H2,1-3,5-6H3/t19?,23-,24?,25?,26+,27?,28-/m1/s1. The molecule has 0 aliphatic heterocycles. The molecule has 3 aliphatic rings. The van der Waals surface area contributed by atoms with Gasteiger partial charge < -0.3 is 15.3 Å². The Morgan fingerprint density at radius 2 is 1.87 bits per heavy atom. The van der Waals surface area contributed by atoms with Gasteiger partial charge in [0, 0.05) is 6.42 Å². The van der Waals surface area contributed by atoms with Crippen molar-refractivity contribution in [3.8, 4) is 0 Å². The fourth-order valence-electron chi connectivity index (χ4n) is 6.28. The molecule has 3 heteroatoms. The molecule has 0 saturated heterocycles. The molecule has 0 aromatic rings. The van der Waals surface area contributed by atoms with Gasteiger partial charge in [0.15, 0.2) is 0 Å². The van der Waals surface area contributed by atoms with E-state index in [9.17, 15) is 15.3 Å². The van der Waals surface area contributed by atoms with Crippen LogP contribution in [0.25, 0.3) is 0 Å². The number of hydrogen-bond acceptors (Lipinski definition) is 3. The van der Waals surface area contributed by atoms with Crippen LogP contribution >= 0.6 is 0 Å². The van der Waals surface area contributed by atoms with Gasteiger partial charge in [-0.2, -0.15) is 0 Å². The SMILES string of the molecule is C=C1C(=CC=C2CCCC3(C)C2CCC3C(C)C=C[C@@](C)(O)C(C)C)C[C@@H](O)C[C@@H]1O. The van der Waals surface area contributed by atoms with Gasteiger partial charge in [0.1, 0.15) is 0 Å². The summed E-state index contributed by atoms with van der Waals surface area (Å²) in [4.78, 5) is 0. The highest BCUT2D eigenvalue weighted by Crippen LogP contribution is 2.59. The molecule has 0 aromatic carbocycles. The molecular formula is C28H44O3. The quantitative estimate of drug-likeness (QED) is 0.490. The Hall–Kier alpha value is -1.16. The number of allylic oxidation sites excluding steroid dienone is 4. The molecule has 4 unspecified atom stereocenters. The van der Waals surface area contributed by atoms with Gasteiger partial charge in [-0.1, -0.05) is 64.2 Å². The Kier molecular flexibility index (Phi) is 7.40. The van der Waals surface area contributed by atoms with Gasteiger partial charge in [-0.3, -0.25) is 0 Å². The van der Waals surface area contributed by atoms with Gasteiger partial charge in [-0.15, -0.1) is 0 Å². The predicted molar refractivity (Wildman–Crippen MR) is 128 cm³/mol. The smallest absolute Gasteiger partial charge is 0.0822 e. The zero-order valence-electron chi connectivity index (χ0n) is 20.3. The Morgan fingerprint density at radius 3 is 2.55 bits per heavy atom. The molecule has 3 fully saturated rings. The predicted octanol–water partition coefficient (Wildman–Crippen LogP) is 5.73. The van der Waals surface area contributed by atoms with Crippen LogP contribution in [0, 0.1) is 29.1 Å². The molecule has 0 heterocycles. The van der Waals surface area contributed by atoms with Crippen molar-refractivity contribution in [1.29, 1.82) is 0 Å². The van der Waals surface area contributed by atoms with E-state index in [0.717, 1.165) is 17.6 Å². The highest BCUT2D eigenvalue weighted by Gasteiger charge is 2.50. The van der Waals surface area contributed by atoms with Gasteiger partial charge in [-0.25, -0.2) is 0 Å². The minimum Gasteiger partial charge on any atom is -0.393 e. The van der Waals surface area contributed by atoms with E-state index in [4.69, 9.17) is 0 Å². The first-order valence-electron chi connectivity index (χ1n) is 12.3. The highest BCUT2D eigenvalue weighted by atomic mass is 16.3. The van der Waals surface area contributed by atoms with Crippen molar-refractivity contribution in [3.05, 3.63) is 47.6 Å². The van der Waals surface area contributed by atoms with Crippen LogP contribution < -0.4 is 0 Å². The van der Waals surface area contributed by atoms with E-state index in [1.165, 1.54) is 31.3 Å². The molecule has 0 aromatic heterocycles. The topological polar surface area (TPSA) is 60.7 Å². The van der Waals surface area contributed by atoms with Gasteiger partial charge >= 0.3 is 0 Å². The summed E-state index contributed by atoms with van der Waals surface area (Å²) in [5.41, 5.74) is 2.82. The third-order valence-corrected chi connectivity index (χ3v) is 8.84. The molecule has 3 N–H and O–H groups in total. The lowest BCUT2D eigenvalue weighted by molar-refractivity contribution is 0.0607. The van der Waals surface area contributed by atoms with Crippen LogP contribution in [0.15, 0.2) is 47.6 Å². The molecule has 0 radical (unpaired) electrons. The first kappa shape index (κ1) is 24.5. The minimum atomic E-state index is -0.755. The number of fused-ring (bicyclic) bond motifs is 1. The number of aliphatic hydroxyl groups excluding tert-OH is 2. The lowest BCUT2D eigenvalue weighted by atomic mass is 9.61. The van der Waals surface area contributed by atoms with Crippen molar-refractivity contribution in [2.45, 2.75) is 97.4 Å². The van der Waals surface area contributed by atoms with Crippen LogP contribution in [-0.4, -0.2) is 33.1 Å². The molecule has 3 aliphatic carbocycles. The Labute approximate surface area is 189 Å². The number of aliphatic hydroxyl groups is 3. The average molecular weight is 429 g/mol. The van der Waals surface area contributed by atoms with E-state index >= 15 is 0 Å². The third kappa shape index (κ3) is 5.10. The van der Waals surface area contributed by atoms with Crippen molar-refractivity contribution in [2.75, 3.05) is 0 Å². The summed E-state index contributed by atoms with van der Waals surface area (Å²) in [5, 5.41) is 30.8. The Balaban J connectivity index is 1.78. The molecule has 0 bridgehead atoms. The summed E-state index contributed by atoms with van der Waals surface area (Å²) in [5.74, 6) is 1.87. The highest BCUT2D eigenvalue weighted by molar-refractivity contribution is 5.38. The molecule has 0 amide bonds. The molecular weight excluding hydrogens is 384 g/mol. The van der Waals surface area contributed by atoms with E-state index in [2.05, 4.69) is 52.5 Å². The monoisotopic (exact) mass is 428 g/mol. The third-order valence-electron chi connectivity index (χ3n) is 8.84. The molecule has 3 rings (SSSR count).